The van der Waals surface area contributed by atoms with E-state index in [1.807, 2.05) is 0 Å². The van der Waals surface area contributed by atoms with Crippen molar-refractivity contribution in [2.45, 2.75) is 71.6 Å². The lowest BCUT2D eigenvalue weighted by Gasteiger charge is -2.30. The summed E-state index contributed by atoms with van der Waals surface area (Å²) in [6.07, 6.45) is 0. The van der Waals surface area contributed by atoms with E-state index >= 15 is 0 Å². The average molecular weight is 1220 g/mol. The van der Waals surface area contributed by atoms with Gasteiger partial charge in [-0.15, -0.1) is 0 Å². The van der Waals surface area contributed by atoms with E-state index in [0.29, 0.717) is 0 Å². The number of aryl methyl sites for hydroxylation is 1. The first-order chi connectivity index (χ1) is 46.1. The second-order valence-corrected chi connectivity index (χ2v) is 28.9. The molecular formula is C93H72N2. The first-order valence-corrected chi connectivity index (χ1v) is 33.7. The maximum Gasteiger partial charge on any atom is 0.0468 e. The lowest BCUT2D eigenvalue weighted by Crippen LogP contribution is -2.17. The molecule has 2 aliphatic carbocycles. The van der Waals surface area contributed by atoms with Crippen LogP contribution in [0.25, 0.3) is 120 Å². The Bertz CT molecular complexity index is 5900. The number of hydrogen-bond acceptors (Lipinski definition) is 2. The molecule has 16 aromatic carbocycles. The van der Waals surface area contributed by atoms with Gasteiger partial charge in [-0.05, 0) is 245 Å². The molecule has 2 heteroatoms. The third kappa shape index (κ3) is 8.84. The Balaban J connectivity index is 0.910. The maximum atomic E-state index is 2.51. The molecule has 454 valence electrons. The Kier molecular flexibility index (Phi) is 12.5. The molecular weight excluding hydrogens is 1150 g/mol. The lowest BCUT2D eigenvalue weighted by molar-refractivity contribution is 0.590. The zero-order valence-electron chi connectivity index (χ0n) is 55.1. The second kappa shape index (κ2) is 21.0. The molecule has 2 aliphatic rings. The summed E-state index contributed by atoms with van der Waals surface area (Å²) >= 11 is 0. The SMILES string of the molecule is Cc1ccc(N(c2ccc3c(c2)C(C)(C)c2ccc4ccccc4c2-3)c2ccc3c(-c4ccc5ccccc5c4)c4cc(N(c5ccc(C(C)(C)C)cc5)c5ccc6c(c5)C(C)(C)c5ccc7ccccc7c5-6)ccc4c(-c4ccc5c(ccc6ccccc65)c4)c3c2)cc1. The Labute approximate surface area is 556 Å². The van der Waals surface area contributed by atoms with Crippen LogP contribution < -0.4 is 9.80 Å². The molecule has 0 radical (unpaired) electrons. The number of hydrogen-bond donors (Lipinski definition) is 0. The van der Waals surface area contributed by atoms with Crippen molar-refractivity contribution < 1.29 is 0 Å². The molecule has 0 aliphatic heterocycles. The van der Waals surface area contributed by atoms with Crippen molar-refractivity contribution in [3.63, 3.8) is 0 Å². The van der Waals surface area contributed by atoms with Crippen LogP contribution in [0, 0.1) is 6.92 Å². The molecule has 0 atom stereocenters. The van der Waals surface area contributed by atoms with Crippen molar-refractivity contribution in [1.29, 1.82) is 0 Å². The van der Waals surface area contributed by atoms with Crippen LogP contribution in [-0.2, 0) is 16.2 Å². The highest BCUT2D eigenvalue weighted by Gasteiger charge is 2.39. The van der Waals surface area contributed by atoms with E-state index in [1.54, 1.807) is 0 Å². The standard InChI is InChI=1S/C93H72N2/c1-57-25-36-67(37-26-57)94(71-42-47-79-85(55-71)92(5,6)83-49-32-60-19-12-15-23-75(60)89(79)83)69-40-45-77-82(53-69)88(65-31-44-74-63(52-65)29-28-59-18-11-14-22-73(59)74)78-46-41-70(54-81(78)87(77)64-30-27-58-17-9-10-21-62(58)51-64)95(68-38-34-66(35-39-68)91(2,3)4)72-43-48-80-86(56-72)93(7,8)84-50-33-61-20-13-16-24-76(61)90(80)84/h9-56H,1-8H3. The smallest absolute Gasteiger partial charge is 0.0468 e. The predicted molar refractivity (Wildman–Crippen MR) is 408 cm³/mol. The van der Waals surface area contributed by atoms with Crippen LogP contribution in [-0.4, -0.2) is 0 Å². The molecule has 95 heavy (non-hydrogen) atoms. The van der Waals surface area contributed by atoms with Crippen LogP contribution in [0.2, 0.25) is 0 Å². The zero-order valence-corrected chi connectivity index (χ0v) is 55.1. The van der Waals surface area contributed by atoms with Gasteiger partial charge in [-0.1, -0.05) is 260 Å². The van der Waals surface area contributed by atoms with Gasteiger partial charge in [0, 0.05) is 45.0 Å². The molecule has 0 saturated carbocycles. The highest BCUT2D eigenvalue weighted by molar-refractivity contribution is 6.24. The van der Waals surface area contributed by atoms with Gasteiger partial charge in [0.25, 0.3) is 0 Å². The normalized spacial score (nSPS) is 13.6. The summed E-state index contributed by atoms with van der Waals surface area (Å²) in [4.78, 5) is 5.01. The minimum absolute atomic E-state index is 0.0160. The van der Waals surface area contributed by atoms with Gasteiger partial charge in [-0.3, -0.25) is 0 Å². The topological polar surface area (TPSA) is 6.48 Å². The summed E-state index contributed by atoms with van der Waals surface area (Å²) in [7, 11) is 0. The average Bonchev–Trinajstić information content (AvgIpc) is 0.859. The van der Waals surface area contributed by atoms with Crippen molar-refractivity contribution >= 4 is 110 Å². The predicted octanol–water partition coefficient (Wildman–Crippen LogP) is 26.3. The molecule has 0 spiro atoms. The van der Waals surface area contributed by atoms with E-state index in [-0.39, 0.29) is 16.2 Å². The van der Waals surface area contributed by atoms with E-state index in [9.17, 15) is 0 Å². The number of anilines is 6. The molecule has 0 fully saturated rings. The van der Waals surface area contributed by atoms with Gasteiger partial charge in [0.1, 0.15) is 0 Å². The number of fused-ring (bicyclic) bond motifs is 16. The summed E-state index contributed by atoms with van der Waals surface area (Å²) in [6.45, 7) is 18.7. The van der Waals surface area contributed by atoms with Crippen molar-refractivity contribution in [2.24, 2.45) is 0 Å². The minimum atomic E-state index is -0.231. The van der Waals surface area contributed by atoms with E-state index in [1.165, 1.54) is 153 Å². The van der Waals surface area contributed by atoms with Gasteiger partial charge >= 0.3 is 0 Å². The molecule has 0 amide bonds. The quantitative estimate of drug-likeness (QED) is 0.111. The van der Waals surface area contributed by atoms with Crippen molar-refractivity contribution in [3.8, 4) is 44.5 Å². The Morgan fingerprint density at radius 2 is 0.621 bits per heavy atom. The van der Waals surface area contributed by atoms with Gasteiger partial charge in [-0.2, -0.15) is 0 Å². The summed E-state index contributed by atoms with van der Waals surface area (Å²) in [6, 6.07) is 111. The van der Waals surface area contributed by atoms with Crippen LogP contribution in [0.5, 0.6) is 0 Å². The van der Waals surface area contributed by atoms with E-state index in [4.69, 9.17) is 0 Å². The van der Waals surface area contributed by atoms with Crippen molar-refractivity contribution in [2.75, 3.05) is 9.80 Å². The van der Waals surface area contributed by atoms with Crippen molar-refractivity contribution in [3.05, 3.63) is 325 Å². The number of benzene rings is 16. The Morgan fingerprint density at radius 1 is 0.253 bits per heavy atom. The zero-order chi connectivity index (χ0) is 64.2. The monoisotopic (exact) mass is 1220 g/mol. The first-order valence-electron chi connectivity index (χ1n) is 33.7. The van der Waals surface area contributed by atoms with Gasteiger partial charge in [-0.25, -0.2) is 0 Å². The summed E-state index contributed by atoms with van der Waals surface area (Å²) in [5.41, 5.74) is 24.2. The van der Waals surface area contributed by atoms with E-state index in [0.717, 1.165) is 34.1 Å². The lowest BCUT2D eigenvalue weighted by atomic mass is 9.82. The fraction of sp³-hybridized carbons (Fsp3) is 0.118. The third-order valence-electron chi connectivity index (χ3n) is 21.6. The van der Waals surface area contributed by atoms with Crippen LogP contribution in [0.4, 0.5) is 34.1 Å². The Morgan fingerprint density at radius 3 is 1.15 bits per heavy atom. The molecule has 0 aromatic heterocycles. The van der Waals surface area contributed by atoms with Crippen LogP contribution in [0.1, 0.15) is 81.8 Å². The minimum Gasteiger partial charge on any atom is -0.310 e. The fourth-order valence-corrected chi connectivity index (χ4v) is 16.6. The molecule has 0 N–H and O–H groups in total. The van der Waals surface area contributed by atoms with Gasteiger partial charge in [0.2, 0.25) is 0 Å². The molecule has 0 unspecified atom stereocenters. The molecule has 18 rings (SSSR count). The van der Waals surface area contributed by atoms with Gasteiger partial charge < -0.3 is 9.80 Å². The third-order valence-corrected chi connectivity index (χ3v) is 21.6. The van der Waals surface area contributed by atoms with Gasteiger partial charge in [0.05, 0.1) is 0 Å². The summed E-state index contributed by atoms with van der Waals surface area (Å²) in [5, 5.41) is 17.3. The fourth-order valence-electron chi connectivity index (χ4n) is 16.6. The van der Waals surface area contributed by atoms with Crippen molar-refractivity contribution in [1.82, 2.24) is 0 Å². The maximum absolute atomic E-state index is 2.51. The van der Waals surface area contributed by atoms with E-state index in [2.05, 4.69) is 356 Å². The second-order valence-electron chi connectivity index (χ2n) is 28.9. The van der Waals surface area contributed by atoms with E-state index < -0.39 is 0 Å². The van der Waals surface area contributed by atoms with Gasteiger partial charge in [0.15, 0.2) is 0 Å². The Hall–Kier alpha value is -11.1. The molecule has 0 saturated heterocycles. The molecule has 2 nitrogen and oxygen atoms in total. The van der Waals surface area contributed by atoms with Crippen LogP contribution >= 0.6 is 0 Å². The molecule has 0 bridgehead atoms. The first kappa shape index (κ1) is 56.7. The van der Waals surface area contributed by atoms with Crippen LogP contribution in [0.3, 0.4) is 0 Å². The summed E-state index contributed by atoms with van der Waals surface area (Å²) < 4.78 is 0. The summed E-state index contributed by atoms with van der Waals surface area (Å²) in [5.74, 6) is 0. The largest absolute Gasteiger partial charge is 0.310 e. The number of nitrogens with zero attached hydrogens (tertiary/aromatic N) is 2. The number of rotatable bonds is 8. The molecule has 0 heterocycles. The van der Waals surface area contributed by atoms with Crippen LogP contribution in [0.15, 0.2) is 291 Å². The highest BCUT2D eigenvalue weighted by atomic mass is 15.1. The molecule has 16 aromatic rings. The highest BCUT2D eigenvalue weighted by Crippen LogP contribution is 2.56.